The second kappa shape index (κ2) is 9.59. The highest BCUT2D eigenvalue weighted by molar-refractivity contribution is 7.99. The number of halogens is 6. The van der Waals surface area contributed by atoms with Crippen LogP contribution in [0.15, 0.2) is 48.5 Å². The Hall–Kier alpha value is -2.11. The van der Waals surface area contributed by atoms with Crippen LogP contribution in [0.5, 0.6) is 11.5 Å². The Bertz CT molecular complexity index is 696. The van der Waals surface area contributed by atoms with Gasteiger partial charge < -0.3 is 19.7 Å². The van der Waals surface area contributed by atoms with Crippen molar-refractivity contribution in [2.24, 2.45) is 0 Å². The monoisotopic (exact) mass is 442 g/mol. The molecule has 0 aliphatic carbocycles. The molecule has 160 valence electrons. The first kappa shape index (κ1) is 23.2. The first-order valence-electron chi connectivity index (χ1n) is 8.08. The largest absolute Gasteiger partial charge is 0.573 e. The van der Waals surface area contributed by atoms with E-state index in [1.165, 1.54) is 36.0 Å². The number of hydrogen-bond donors (Lipinski definition) is 2. The van der Waals surface area contributed by atoms with Gasteiger partial charge in [0.1, 0.15) is 11.5 Å². The molecule has 2 aromatic rings. The molecule has 0 fully saturated rings. The molecule has 0 aliphatic heterocycles. The number of aliphatic hydroxyl groups excluding tert-OH is 2. The van der Waals surface area contributed by atoms with Crippen LogP contribution >= 0.6 is 11.8 Å². The SMILES string of the molecule is OC(CSCC(O)c1ccc(OC(F)(F)F)cc1)c1ccc(OC(F)(F)F)cc1. The van der Waals surface area contributed by atoms with Crippen molar-refractivity contribution >= 4 is 11.8 Å². The van der Waals surface area contributed by atoms with Crippen LogP contribution in [0.4, 0.5) is 26.3 Å². The van der Waals surface area contributed by atoms with E-state index in [1.807, 2.05) is 0 Å². The fraction of sp³-hybridized carbons (Fsp3) is 0.333. The Balaban J connectivity index is 1.81. The maximum absolute atomic E-state index is 12.1. The van der Waals surface area contributed by atoms with Crippen LogP contribution < -0.4 is 9.47 Å². The summed E-state index contributed by atoms with van der Waals surface area (Å²) in [5.74, 6) is -0.526. The molecule has 11 heteroatoms. The Labute approximate surface area is 166 Å². The van der Waals surface area contributed by atoms with Crippen molar-refractivity contribution in [2.75, 3.05) is 11.5 Å². The molecule has 29 heavy (non-hydrogen) atoms. The van der Waals surface area contributed by atoms with Gasteiger partial charge in [0.05, 0.1) is 12.2 Å². The number of benzene rings is 2. The summed E-state index contributed by atoms with van der Waals surface area (Å²) in [7, 11) is 0. The molecule has 0 aliphatic rings. The number of ether oxygens (including phenoxy) is 2. The van der Waals surface area contributed by atoms with Crippen LogP contribution in [0.3, 0.4) is 0 Å². The van der Waals surface area contributed by atoms with E-state index in [-0.39, 0.29) is 11.5 Å². The molecule has 2 N–H and O–H groups in total. The summed E-state index contributed by atoms with van der Waals surface area (Å²) in [5.41, 5.74) is 0.741. The van der Waals surface area contributed by atoms with Crippen molar-refractivity contribution < 1.29 is 46.0 Å². The molecule has 2 unspecified atom stereocenters. The summed E-state index contributed by atoms with van der Waals surface area (Å²) in [5, 5.41) is 20.2. The van der Waals surface area contributed by atoms with E-state index >= 15 is 0 Å². The van der Waals surface area contributed by atoms with Crippen LogP contribution in [-0.4, -0.2) is 34.4 Å². The minimum absolute atomic E-state index is 0.145. The van der Waals surface area contributed by atoms with Crippen LogP contribution in [0.25, 0.3) is 0 Å². The van der Waals surface area contributed by atoms with Gasteiger partial charge in [-0.25, -0.2) is 0 Å². The molecule has 2 aromatic carbocycles. The lowest BCUT2D eigenvalue weighted by Gasteiger charge is -2.15. The molecule has 0 spiro atoms. The van der Waals surface area contributed by atoms with Crippen molar-refractivity contribution in [2.45, 2.75) is 24.9 Å². The zero-order chi connectivity index (χ0) is 21.7. The molecular weight excluding hydrogens is 426 g/mol. The van der Waals surface area contributed by atoms with Gasteiger partial charge in [-0.15, -0.1) is 26.3 Å². The highest BCUT2D eigenvalue weighted by Gasteiger charge is 2.31. The van der Waals surface area contributed by atoms with Gasteiger partial charge in [-0.1, -0.05) is 24.3 Å². The quantitative estimate of drug-likeness (QED) is 0.565. The van der Waals surface area contributed by atoms with E-state index in [1.54, 1.807) is 0 Å². The standard InChI is InChI=1S/C18H16F6O4S/c19-17(20,21)27-13-5-1-11(2-6-13)15(25)9-29-10-16(26)12-3-7-14(8-4-12)28-18(22,23)24/h1-8,15-16,25-26H,9-10H2. The van der Waals surface area contributed by atoms with Gasteiger partial charge in [0.25, 0.3) is 0 Å². The second-order valence-electron chi connectivity index (χ2n) is 5.80. The summed E-state index contributed by atoms with van der Waals surface area (Å²) in [6, 6.07) is 9.49. The van der Waals surface area contributed by atoms with Crippen LogP contribution in [0, 0.1) is 0 Å². The zero-order valence-electron chi connectivity index (χ0n) is 14.6. The summed E-state index contributed by atoms with van der Waals surface area (Å²) in [4.78, 5) is 0. The fourth-order valence-electron chi connectivity index (χ4n) is 2.27. The van der Waals surface area contributed by atoms with Gasteiger partial charge in [-0.3, -0.25) is 0 Å². The molecule has 2 rings (SSSR count). The smallest absolute Gasteiger partial charge is 0.406 e. The van der Waals surface area contributed by atoms with Crippen molar-refractivity contribution in [3.05, 3.63) is 59.7 Å². The Morgan fingerprint density at radius 1 is 0.655 bits per heavy atom. The Kier molecular flexibility index (Phi) is 7.66. The van der Waals surface area contributed by atoms with Gasteiger partial charge in [0.2, 0.25) is 0 Å². The van der Waals surface area contributed by atoms with Crippen molar-refractivity contribution in [3.8, 4) is 11.5 Å². The molecule has 0 heterocycles. The van der Waals surface area contributed by atoms with Gasteiger partial charge >= 0.3 is 12.7 Å². The van der Waals surface area contributed by atoms with Crippen molar-refractivity contribution in [3.63, 3.8) is 0 Å². The third-order valence-corrected chi connectivity index (χ3v) is 4.65. The van der Waals surface area contributed by atoms with Crippen molar-refractivity contribution in [1.82, 2.24) is 0 Å². The number of hydrogen-bond acceptors (Lipinski definition) is 5. The Morgan fingerprint density at radius 3 is 1.24 bits per heavy atom. The van der Waals surface area contributed by atoms with Gasteiger partial charge in [-0.2, -0.15) is 11.8 Å². The second-order valence-corrected chi connectivity index (χ2v) is 6.88. The minimum Gasteiger partial charge on any atom is -0.406 e. The highest BCUT2D eigenvalue weighted by atomic mass is 32.2. The molecule has 0 aromatic heterocycles. The average molecular weight is 442 g/mol. The summed E-state index contributed by atoms with van der Waals surface area (Å²) < 4.78 is 80.2. The maximum Gasteiger partial charge on any atom is 0.573 e. The van der Waals surface area contributed by atoms with E-state index in [9.17, 15) is 36.6 Å². The van der Waals surface area contributed by atoms with E-state index in [4.69, 9.17) is 0 Å². The summed E-state index contributed by atoms with van der Waals surface area (Å²) >= 11 is 1.17. The summed E-state index contributed by atoms with van der Waals surface area (Å²) in [6.07, 6.45) is -11.6. The predicted molar refractivity (Wildman–Crippen MR) is 93.5 cm³/mol. The molecule has 0 amide bonds. The van der Waals surface area contributed by atoms with Crippen LogP contribution in [0.1, 0.15) is 23.3 Å². The molecule has 0 bridgehead atoms. The first-order valence-corrected chi connectivity index (χ1v) is 9.24. The first-order chi connectivity index (χ1) is 13.4. The van der Waals surface area contributed by atoms with E-state index in [0.29, 0.717) is 11.1 Å². The topological polar surface area (TPSA) is 58.9 Å². The number of thioether (sulfide) groups is 1. The lowest BCUT2D eigenvalue weighted by Crippen LogP contribution is -2.17. The van der Waals surface area contributed by atoms with E-state index in [2.05, 4.69) is 9.47 Å². The number of aliphatic hydroxyl groups is 2. The average Bonchev–Trinajstić information content (AvgIpc) is 2.60. The Morgan fingerprint density at radius 2 is 0.966 bits per heavy atom. The fourth-order valence-corrected chi connectivity index (χ4v) is 3.23. The number of alkyl halides is 6. The normalized spacial score (nSPS) is 14.3. The lowest BCUT2D eigenvalue weighted by molar-refractivity contribution is -0.275. The molecule has 0 radical (unpaired) electrons. The molecule has 2 atom stereocenters. The van der Waals surface area contributed by atoms with Gasteiger partial charge in [0.15, 0.2) is 0 Å². The molecule has 4 nitrogen and oxygen atoms in total. The highest BCUT2D eigenvalue weighted by Crippen LogP contribution is 2.28. The third kappa shape index (κ3) is 8.42. The molecule has 0 saturated carbocycles. The van der Waals surface area contributed by atoms with Crippen molar-refractivity contribution in [1.29, 1.82) is 0 Å². The molecular formula is C18H16F6O4S. The molecule has 0 saturated heterocycles. The maximum atomic E-state index is 12.1. The summed E-state index contributed by atoms with van der Waals surface area (Å²) in [6.45, 7) is 0. The number of rotatable bonds is 8. The predicted octanol–water partition coefficient (Wildman–Crippen LogP) is 4.98. The van der Waals surface area contributed by atoms with Gasteiger partial charge in [0, 0.05) is 11.5 Å². The van der Waals surface area contributed by atoms with Crippen LogP contribution in [-0.2, 0) is 0 Å². The lowest BCUT2D eigenvalue weighted by atomic mass is 10.1. The van der Waals surface area contributed by atoms with E-state index < -0.39 is 36.4 Å². The van der Waals surface area contributed by atoms with Crippen LogP contribution in [0.2, 0.25) is 0 Å². The van der Waals surface area contributed by atoms with Gasteiger partial charge in [-0.05, 0) is 35.4 Å². The third-order valence-electron chi connectivity index (χ3n) is 3.55. The van der Waals surface area contributed by atoms with E-state index in [0.717, 1.165) is 24.3 Å². The zero-order valence-corrected chi connectivity index (χ0v) is 15.4. The minimum atomic E-state index is -4.80.